The predicted molar refractivity (Wildman–Crippen MR) is 79.2 cm³/mol. The van der Waals surface area contributed by atoms with Crippen LogP contribution in [0.5, 0.6) is 0 Å². The fraction of sp³-hybridized carbons (Fsp3) is 0.235. The van der Waals surface area contributed by atoms with Gasteiger partial charge in [0.1, 0.15) is 5.56 Å². The summed E-state index contributed by atoms with van der Waals surface area (Å²) in [6.07, 6.45) is 0.413. The van der Waals surface area contributed by atoms with Crippen LogP contribution in [0.3, 0.4) is 0 Å². The molecule has 1 amide bonds. The third kappa shape index (κ3) is 2.98. The van der Waals surface area contributed by atoms with Crippen molar-refractivity contribution in [3.8, 4) is 0 Å². The van der Waals surface area contributed by atoms with E-state index in [1.54, 1.807) is 32.0 Å². The van der Waals surface area contributed by atoms with Crippen LogP contribution in [0.25, 0.3) is 0 Å². The van der Waals surface area contributed by atoms with Gasteiger partial charge in [-0.3, -0.25) is 4.79 Å². The normalized spacial score (nSPS) is 12.1. The van der Waals surface area contributed by atoms with Crippen molar-refractivity contribution in [3.05, 3.63) is 65.0 Å². The molecule has 0 aliphatic rings. The highest BCUT2D eigenvalue weighted by Gasteiger charge is 2.33. The topological polar surface area (TPSA) is 20.3 Å². The van der Waals surface area contributed by atoms with Crippen LogP contribution in [-0.2, 0) is 0 Å². The van der Waals surface area contributed by atoms with Gasteiger partial charge in [-0.1, -0.05) is 25.1 Å². The maximum absolute atomic E-state index is 13.9. The first-order valence-corrected chi connectivity index (χ1v) is 7.21. The Morgan fingerprint density at radius 1 is 0.917 bits per heavy atom. The van der Waals surface area contributed by atoms with E-state index < -0.39 is 46.6 Å². The molecule has 0 spiro atoms. The zero-order valence-electron chi connectivity index (χ0n) is 12.9. The Kier molecular flexibility index (Phi) is 5.21. The molecule has 2 rings (SSSR count). The Bertz CT molecular complexity index is 734. The van der Waals surface area contributed by atoms with Gasteiger partial charge in [-0.2, -0.15) is 0 Å². The Morgan fingerprint density at radius 2 is 1.38 bits per heavy atom. The van der Waals surface area contributed by atoms with Crippen molar-refractivity contribution < 1.29 is 26.7 Å². The van der Waals surface area contributed by atoms with Gasteiger partial charge in [0.15, 0.2) is 23.3 Å². The minimum atomic E-state index is -2.30. The number of nitrogens with zero attached hydrogens (tertiary/aromatic N) is 1. The Morgan fingerprint density at radius 3 is 1.83 bits per heavy atom. The van der Waals surface area contributed by atoms with Crippen molar-refractivity contribution in [1.29, 1.82) is 0 Å². The van der Waals surface area contributed by atoms with Gasteiger partial charge in [-0.25, -0.2) is 22.0 Å². The van der Waals surface area contributed by atoms with E-state index in [9.17, 15) is 26.7 Å². The van der Waals surface area contributed by atoms with Crippen LogP contribution in [0.4, 0.5) is 27.6 Å². The van der Waals surface area contributed by atoms with Crippen molar-refractivity contribution in [2.45, 2.75) is 26.3 Å². The molecule has 24 heavy (non-hydrogen) atoms. The summed E-state index contributed by atoms with van der Waals surface area (Å²) in [5.41, 5.74) is -1.17. The van der Waals surface area contributed by atoms with Crippen LogP contribution in [0, 0.1) is 29.1 Å². The number of hydrogen-bond donors (Lipinski definition) is 0. The number of amides is 1. The van der Waals surface area contributed by atoms with Crippen molar-refractivity contribution in [3.63, 3.8) is 0 Å². The molecule has 7 heteroatoms. The largest absolute Gasteiger partial charge is 0.305 e. The molecule has 0 heterocycles. The summed E-state index contributed by atoms with van der Waals surface area (Å²) in [6.45, 7) is 3.34. The average Bonchev–Trinajstić information content (AvgIpc) is 2.59. The van der Waals surface area contributed by atoms with Gasteiger partial charge in [-0.05, 0) is 25.5 Å². The molecule has 0 radical (unpaired) electrons. The number of hydrogen-bond acceptors (Lipinski definition) is 1. The lowest BCUT2D eigenvalue weighted by atomic mass is 10.1. The molecular weight excluding hydrogens is 329 g/mol. The smallest absolute Gasteiger partial charge is 0.264 e. The molecule has 0 bridgehead atoms. The summed E-state index contributed by atoms with van der Waals surface area (Å²) in [7, 11) is 0. The summed E-state index contributed by atoms with van der Waals surface area (Å²) in [4.78, 5) is 13.6. The number of para-hydroxylation sites is 1. The van der Waals surface area contributed by atoms with Gasteiger partial charge >= 0.3 is 0 Å². The molecule has 0 aliphatic carbocycles. The standard InChI is InChI=1S/C17H14F5NO/c1-3-9(2)23(10-7-5-4-6-8-10)17(24)11-12(18)14(20)16(22)15(21)13(11)19/h4-9H,3H2,1-2H3. The lowest BCUT2D eigenvalue weighted by molar-refractivity contribution is 0.0966. The molecule has 0 aromatic heterocycles. The van der Waals surface area contributed by atoms with Crippen LogP contribution in [0.15, 0.2) is 30.3 Å². The molecule has 0 saturated carbocycles. The maximum atomic E-state index is 13.9. The molecule has 2 nitrogen and oxygen atoms in total. The van der Waals surface area contributed by atoms with Crippen LogP contribution in [-0.4, -0.2) is 11.9 Å². The molecule has 0 fully saturated rings. The summed E-state index contributed by atoms with van der Waals surface area (Å²) in [6, 6.07) is 7.36. The van der Waals surface area contributed by atoms with Gasteiger partial charge in [-0.15, -0.1) is 0 Å². The second-order valence-electron chi connectivity index (χ2n) is 5.21. The van der Waals surface area contributed by atoms with E-state index in [0.29, 0.717) is 12.1 Å². The van der Waals surface area contributed by atoms with Crippen LogP contribution < -0.4 is 4.90 Å². The number of carbonyl (C=O) groups excluding carboxylic acids is 1. The highest BCUT2D eigenvalue weighted by Crippen LogP contribution is 2.27. The number of benzene rings is 2. The fourth-order valence-corrected chi connectivity index (χ4v) is 2.26. The molecule has 0 N–H and O–H groups in total. The average molecular weight is 343 g/mol. The summed E-state index contributed by atoms with van der Waals surface area (Å²) in [5.74, 6) is -12.1. The number of carbonyl (C=O) groups is 1. The highest BCUT2D eigenvalue weighted by molar-refractivity contribution is 6.06. The van der Waals surface area contributed by atoms with Crippen LogP contribution in [0.1, 0.15) is 30.6 Å². The number of rotatable bonds is 4. The third-order valence-electron chi connectivity index (χ3n) is 3.71. The molecular formula is C17H14F5NO. The fourth-order valence-electron chi connectivity index (χ4n) is 2.26. The van der Waals surface area contributed by atoms with E-state index in [-0.39, 0.29) is 0 Å². The van der Waals surface area contributed by atoms with E-state index in [4.69, 9.17) is 0 Å². The first-order valence-electron chi connectivity index (χ1n) is 7.21. The molecule has 1 unspecified atom stereocenters. The number of halogens is 5. The molecule has 0 saturated heterocycles. The van der Waals surface area contributed by atoms with Crippen molar-refractivity contribution >= 4 is 11.6 Å². The third-order valence-corrected chi connectivity index (χ3v) is 3.71. The van der Waals surface area contributed by atoms with Crippen LogP contribution in [0.2, 0.25) is 0 Å². The number of anilines is 1. The van der Waals surface area contributed by atoms with E-state index >= 15 is 0 Å². The second-order valence-corrected chi connectivity index (χ2v) is 5.21. The van der Waals surface area contributed by atoms with Gasteiger partial charge in [0, 0.05) is 11.7 Å². The van der Waals surface area contributed by atoms with Crippen molar-refractivity contribution in [1.82, 2.24) is 0 Å². The zero-order chi connectivity index (χ0) is 18.0. The van der Waals surface area contributed by atoms with Crippen molar-refractivity contribution in [2.75, 3.05) is 4.90 Å². The molecule has 0 aliphatic heterocycles. The van der Waals surface area contributed by atoms with Gasteiger partial charge in [0.25, 0.3) is 5.91 Å². The summed E-state index contributed by atoms with van der Waals surface area (Å²) < 4.78 is 67.8. The van der Waals surface area contributed by atoms with E-state index in [1.807, 2.05) is 0 Å². The lowest BCUT2D eigenvalue weighted by Crippen LogP contribution is -2.39. The quantitative estimate of drug-likeness (QED) is 0.442. The van der Waals surface area contributed by atoms with E-state index in [1.165, 1.54) is 12.1 Å². The Hall–Kier alpha value is -2.44. The molecule has 2 aromatic rings. The van der Waals surface area contributed by atoms with Crippen molar-refractivity contribution in [2.24, 2.45) is 0 Å². The minimum Gasteiger partial charge on any atom is -0.305 e. The predicted octanol–water partition coefficient (Wildman–Crippen LogP) is 4.83. The molecule has 1 atom stereocenters. The van der Waals surface area contributed by atoms with Crippen LogP contribution >= 0.6 is 0 Å². The van der Waals surface area contributed by atoms with E-state index in [2.05, 4.69) is 0 Å². The van der Waals surface area contributed by atoms with Gasteiger partial charge in [0.05, 0.1) is 0 Å². The summed E-state index contributed by atoms with van der Waals surface area (Å²) in [5, 5.41) is 0. The van der Waals surface area contributed by atoms with E-state index in [0.717, 1.165) is 4.90 Å². The molecule has 128 valence electrons. The van der Waals surface area contributed by atoms with Gasteiger partial charge in [0.2, 0.25) is 5.82 Å². The maximum Gasteiger partial charge on any atom is 0.264 e. The second kappa shape index (κ2) is 6.98. The Balaban J connectivity index is 2.64. The summed E-state index contributed by atoms with van der Waals surface area (Å²) >= 11 is 0. The first-order chi connectivity index (χ1) is 11.3. The Labute approximate surface area is 135 Å². The lowest BCUT2D eigenvalue weighted by Gasteiger charge is -2.29. The SMILES string of the molecule is CCC(C)N(C(=O)c1c(F)c(F)c(F)c(F)c1F)c1ccccc1. The highest BCUT2D eigenvalue weighted by atomic mass is 19.2. The minimum absolute atomic E-state index is 0.292. The monoisotopic (exact) mass is 343 g/mol. The zero-order valence-corrected chi connectivity index (χ0v) is 12.9. The first kappa shape index (κ1) is 17.9. The molecule has 2 aromatic carbocycles. The van der Waals surface area contributed by atoms with Gasteiger partial charge < -0.3 is 4.90 Å².